The molecule has 0 saturated heterocycles. The van der Waals surface area contributed by atoms with Gasteiger partial charge in [-0.1, -0.05) is 12.1 Å². The highest BCUT2D eigenvalue weighted by Crippen LogP contribution is 2.17. The third-order valence-electron chi connectivity index (χ3n) is 3.17. The second-order valence-electron chi connectivity index (χ2n) is 4.81. The standard InChI is InChI=1S/C17H18O5S/c1-21-15-6-8-16(9-7-15)22-10-11-23(20)12-13-2-4-14(5-3-13)17(18)19/h2-9H,10-12H2,1H3,(H,18,19). The molecule has 0 heterocycles. The van der Waals surface area contributed by atoms with Crippen molar-refractivity contribution in [3.05, 3.63) is 59.7 Å². The summed E-state index contributed by atoms with van der Waals surface area (Å²) in [6, 6.07) is 13.6. The quantitative estimate of drug-likeness (QED) is 0.803. The van der Waals surface area contributed by atoms with E-state index in [1.54, 1.807) is 43.5 Å². The highest BCUT2D eigenvalue weighted by molar-refractivity contribution is 7.84. The van der Waals surface area contributed by atoms with Crippen LogP contribution in [0.5, 0.6) is 11.5 Å². The zero-order chi connectivity index (χ0) is 16.7. The molecule has 0 bridgehead atoms. The fourth-order valence-electron chi connectivity index (χ4n) is 1.93. The molecule has 1 unspecified atom stereocenters. The van der Waals surface area contributed by atoms with Gasteiger partial charge in [-0.25, -0.2) is 4.79 Å². The maximum atomic E-state index is 12.0. The molecule has 1 atom stereocenters. The molecule has 2 rings (SSSR count). The average Bonchev–Trinajstić information content (AvgIpc) is 2.56. The highest BCUT2D eigenvalue weighted by Gasteiger charge is 2.05. The van der Waals surface area contributed by atoms with E-state index >= 15 is 0 Å². The molecule has 2 aromatic carbocycles. The molecule has 6 heteroatoms. The van der Waals surface area contributed by atoms with Gasteiger partial charge in [0.2, 0.25) is 0 Å². The summed E-state index contributed by atoms with van der Waals surface area (Å²) < 4.78 is 22.6. The molecule has 0 spiro atoms. The molecule has 0 aromatic heterocycles. The van der Waals surface area contributed by atoms with Gasteiger partial charge in [0, 0.05) is 16.6 Å². The van der Waals surface area contributed by atoms with Crippen LogP contribution in [0, 0.1) is 0 Å². The summed E-state index contributed by atoms with van der Waals surface area (Å²) in [5.41, 5.74) is 1.07. The van der Waals surface area contributed by atoms with Crippen LogP contribution >= 0.6 is 0 Å². The van der Waals surface area contributed by atoms with Crippen LogP contribution in [0.2, 0.25) is 0 Å². The summed E-state index contributed by atoms with van der Waals surface area (Å²) in [6.45, 7) is 0.353. The molecule has 0 radical (unpaired) electrons. The van der Waals surface area contributed by atoms with E-state index in [9.17, 15) is 9.00 Å². The second kappa shape index (κ2) is 8.33. The SMILES string of the molecule is COc1ccc(OCCS(=O)Cc2ccc(C(=O)O)cc2)cc1. The van der Waals surface area contributed by atoms with Crippen molar-refractivity contribution < 1.29 is 23.6 Å². The van der Waals surface area contributed by atoms with Gasteiger partial charge >= 0.3 is 5.97 Å². The normalized spacial score (nSPS) is 11.7. The van der Waals surface area contributed by atoms with Crippen molar-refractivity contribution in [1.29, 1.82) is 0 Å². The summed E-state index contributed by atoms with van der Waals surface area (Å²) in [5, 5.41) is 8.83. The van der Waals surface area contributed by atoms with Crippen LogP contribution in [-0.2, 0) is 16.6 Å². The van der Waals surface area contributed by atoms with Crippen LogP contribution in [0.25, 0.3) is 0 Å². The Morgan fingerprint density at radius 1 is 1.04 bits per heavy atom. The minimum Gasteiger partial charge on any atom is -0.497 e. The fourth-order valence-corrected chi connectivity index (χ4v) is 2.90. The summed E-state index contributed by atoms with van der Waals surface area (Å²) in [4.78, 5) is 10.8. The number of aromatic carboxylic acids is 1. The molecule has 0 saturated carbocycles. The van der Waals surface area contributed by atoms with E-state index in [-0.39, 0.29) is 5.56 Å². The summed E-state index contributed by atoms with van der Waals surface area (Å²) >= 11 is 0. The smallest absolute Gasteiger partial charge is 0.335 e. The van der Waals surface area contributed by atoms with Crippen LogP contribution < -0.4 is 9.47 Å². The summed E-state index contributed by atoms with van der Waals surface area (Å²) in [6.07, 6.45) is 0. The third-order valence-corrected chi connectivity index (χ3v) is 4.45. The number of methoxy groups -OCH3 is 1. The van der Waals surface area contributed by atoms with Gasteiger partial charge in [0.05, 0.1) is 25.0 Å². The van der Waals surface area contributed by atoms with E-state index in [4.69, 9.17) is 14.6 Å². The van der Waals surface area contributed by atoms with Gasteiger partial charge in [0.25, 0.3) is 0 Å². The number of carbonyl (C=O) groups is 1. The van der Waals surface area contributed by atoms with Crippen molar-refractivity contribution in [3.63, 3.8) is 0 Å². The first kappa shape index (κ1) is 17.0. The van der Waals surface area contributed by atoms with Gasteiger partial charge in [0.15, 0.2) is 0 Å². The van der Waals surface area contributed by atoms with E-state index in [2.05, 4.69) is 0 Å². The fraction of sp³-hybridized carbons (Fsp3) is 0.235. The summed E-state index contributed by atoms with van der Waals surface area (Å²) in [5.74, 6) is 1.28. The van der Waals surface area contributed by atoms with Gasteiger partial charge in [0.1, 0.15) is 11.5 Å². The van der Waals surface area contributed by atoms with Crippen LogP contribution in [-0.4, -0.2) is 34.8 Å². The van der Waals surface area contributed by atoms with Crippen molar-refractivity contribution >= 4 is 16.8 Å². The second-order valence-corrected chi connectivity index (χ2v) is 6.39. The maximum Gasteiger partial charge on any atom is 0.335 e. The van der Waals surface area contributed by atoms with Crippen molar-refractivity contribution in [2.24, 2.45) is 0 Å². The lowest BCUT2D eigenvalue weighted by molar-refractivity contribution is 0.0697. The predicted molar refractivity (Wildman–Crippen MR) is 88.6 cm³/mol. The molecule has 5 nitrogen and oxygen atoms in total. The van der Waals surface area contributed by atoms with Crippen molar-refractivity contribution in [3.8, 4) is 11.5 Å². The van der Waals surface area contributed by atoms with Crippen molar-refractivity contribution in [2.45, 2.75) is 5.75 Å². The maximum absolute atomic E-state index is 12.0. The Morgan fingerprint density at radius 2 is 1.65 bits per heavy atom. The Labute approximate surface area is 137 Å². The largest absolute Gasteiger partial charge is 0.497 e. The van der Waals surface area contributed by atoms with Crippen LogP contribution in [0.15, 0.2) is 48.5 Å². The van der Waals surface area contributed by atoms with E-state index in [1.165, 1.54) is 12.1 Å². The molecule has 1 N–H and O–H groups in total. The van der Waals surface area contributed by atoms with Crippen LogP contribution in [0.4, 0.5) is 0 Å². The van der Waals surface area contributed by atoms with Crippen LogP contribution in [0.1, 0.15) is 15.9 Å². The molecule has 0 amide bonds. The molecule has 122 valence electrons. The Morgan fingerprint density at radius 3 is 2.22 bits per heavy atom. The lowest BCUT2D eigenvalue weighted by Crippen LogP contribution is -2.10. The monoisotopic (exact) mass is 334 g/mol. The molecule has 0 aliphatic rings. The Balaban J connectivity index is 1.77. The number of benzene rings is 2. The van der Waals surface area contributed by atoms with E-state index < -0.39 is 16.8 Å². The first-order chi connectivity index (χ1) is 11.1. The zero-order valence-electron chi connectivity index (χ0n) is 12.7. The third kappa shape index (κ3) is 5.41. The molecule has 0 aliphatic carbocycles. The predicted octanol–water partition coefficient (Wildman–Crippen LogP) is 2.72. The topological polar surface area (TPSA) is 72.8 Å². The minimum absolute atomic E-state index is 0.224. The van der Waals surface area contributed by atoms with E-state index in [0.29, 0.717) is 23.9 Å². The number of hydrogen-bond acceptors (Lipinski definition) is 4. The highest BCUT2D eigenvalue weighted by atomic mass is 32.2. The molecular weight excluding hydrogens is 316 g/mol. The van der Waals surface area contributed by atoms with E-state index in [0.717, 1.165) is 11.3 Å². The lowest BCUT2D eigenvalue weighted by Gasteiger charge is -2.07. The Hall–Kier alpha value is -2.34. The van der Waals surface area contributed by atoms with Gasteiger partial charge in [-0.2, -0.15) is 0 Å². The molecular formula is C17H18O5S. The van der Waals surface area contributed by atoms with Crippen LogP contribution in [0.3, 0.4) is 0 Å². The first-order valence-corrected chi connectivity index (χ1v) is 8.51. The van der Waals surface area contributed by atoms with Crippen molar-refractivity contribution in [2.75, 3.05) is 19.5 Å². The number of rotatable bonds is 8. The Bertz CT molecular complexity index is 664. The number of ether oxygens (including phenoxy) is 2. The number of carboxylic acids is 1. The summed E-state index contributed by atoms with van der Waals surface area (Å²) in [7, 11) is 0.534. The van der Waals surface area contributed by atoms with Gasteiger partial charge in [-0.05, 0) is 42.0 Å². The zero-order valence-corrected chi connectivity index (χ0v) is 13.5. The number of carboxylic acid groups (broad SMARTS) is 1. The molecule has 0 fully saturated rings. The minimum atomic E-state index is -1.07. The number of hydrogen-bond donors (Lipinski definition) is 1. The lowest BCUT2D eigenvalue weighted by atomic mass is 10.1. The molecule has 23 heavy (non-hydrogen) atoms. The van der Waals surface area contributed by atoms with Crippen molar-refractivity contribution in [1.82, 2.24) is 0 Å². The van der Waals surface area contributed by atoms with Gasteiger partial charge < -0.3 is 14.6 Å². The average molecular weight is 334 g/mol. The first-order valence-electron chi connectivity index (χ1n) is 7.02. The van der Waals surface area contributed by atoms with E-state index in [1.807, 2.05) is 0 Å². The molecule has 0 aliphatic heterocycles. The Kier molecular flexibility index (Phi) is 6.17. The van der Waals surface area contributed by atoms with Gasteiger partial charge in [-0.3, -0.25) is 4.21 Å². The molecule has 2 aromatic rings. The van der Waals surface area contributed by atoms with Gasteiger partial charge in [-0.15, -0.1) is 0 Å².